The number of nitrogens with one attached hydrogen (secondary N) is 2. The number of sulfonamides is 1. The normalized spacial score (nSPS) is 17.1. The SMILES string of the molecule is CCc1ccc(C(=O)NNC(=O)c2cc3c(s2)CCCCC3)cc1S(=O)(=O)N1CCOCC1. The highest BCUT2D eigenvalue weighted by Crippen LogP contribution is 2.29. The Morgan fingerprint density at radius 2 is 1.76 bits per heavy atom. The molecule has 2 aromatic rings. The number of rotatable bonds is 5. The number of carbonyl (C=O) groups excluding carboxylic acids is 2. The van der Waals surface area contributed by atoms with E-state index in [0.29, 0.717) is 30.1 Å². The van der Waals surface area contributed by atoms with Crippen molar-refractivity contribution in [1.82, 2.24) is 15.2 Å². The lowest BCUT2D eigenvalue weighted by Gasteiger charge is -2.27. The van der Waals surface area contributed by atoms with Gasteiger partial charge in [-0.3, -0.25) is 20.4 Å². The van der Waals surface area contributed by atoms with Crippen LogP contribution in [0.3, 0.4) is 0 Å². The van der Waals surface area contributed by atoms with Crippen molar-refractivity contribution < 1.29 is 22.7 Å². The number of carbonyl (C=O) groups is 2. The van der Waals surface area contributed by atoms with E-state index in [1.807, 2.05) is 13.0 Å². The zero-order chi connectivity index (χ0) is 23.4. The molecule has 0 bridgehead atoms. The number of nitrogens with zero attached hydrogens (tertiary/aromatic N) is 1. The van der Waals surface area contributed by atoms with E-state index < -0.39 is 15.9 Å². The maximum absolute atomic E-state index is 13.2. The number of hydrogen-bond donors (Lipinski definition) is 2. The van der Waals surface area contributed by atoms with Gasteiger partial charge in [0, 0.05) is 23.5 Å². The molecule has 8 nitrogen and oxygen atoms in total. The molecule has 1 saturated heterocycles. The van der Waals surface area contributed by atoms with Crippen LogP contribution in [-0.4, -0.2) is 50.8 Å². The maximum atomic E-state index is 13.2. The molecule has 0 unspecified atom stereocenters. The summed E-state index contributed by atoms with van der Waals surface area (Å²) in [4.78, 5) is 27.2. The van der Waals surface area contributed by atoms with Crippen LogP contribution in [0, 0.1) is 0 Å². The zero-order valence-electron chi connectivity index (χ0n) is 18.7. The van der Waals surface area contributed by atoms with Crippen LogP contribution in [0.25, 0.3) is 0 Å². The molecule has 2 amide bonds. The molecule has 0 saturated carbocycles. The summed E-state index contributed by atoms with van der Waals surface area (Å²) < 4.78 is 33.0. The predicted octanol–water partition coefficient (Wildman–Crippen LogP) is 2.68. The standard InChI is InChI=1S/C23H29N3O5S2/c1-2-16-8-9-18(15-21(16)33(29,30)26-10-12-31-13-11-26)22(27)24-25-23(28)20-14-17-6-4-3-5-7-19(17)32-20/h8-9,14-15H,2-7,10-13H2,1H3,(H,24,27)(H,25,28). The molecule has 2 heterocycles. The van der Waals surface area contributed by atoms with Gasteiger partial charge in [-0.05, 0) is 61.4 Å². The summed E-state index contributed by atoms with van der Waals surface area (Å²) in [6, 6.07) is 6.53. The van der Waals surface area contributed by atoms with E-state index in [1.54, 1.807) is 12.1 Å². The average molecular weight is 492 g/mol. The number of morpholine rings is 1. The van der Waals surface area contributed by atoms with Crippen LogP contribution in [0.1, 0.15) is 62.2 Å². The molecule has 0 spiro atoms. The van der Waals surface area contributed by atoms with Gasteiger partial charge in [-0.25, -0.2) is 8.42 Å². The van der Waals surface area contributed by atoms with E-state index >= 15 is 0 Å². The highest BCUT2D eigenvalue weighted by molar-refractivity contribution is 7.89. The molecule has 0 atom stereocenters. The summed E-state index contributed by atoms with van der Waals surface area (Å²) in [6.45, 7) is 3.12. The molecule has 1 aliphatic carbocycles. The Kier molecular flexibility index (Phi) is 7.48. The van der Waals surface area contributed by atoms with Crippen molar-refractivity contribution in [2.45, 2.75) is 50.3 Å². The van der Waals surface area contributed by atoms with Crippen molar-refractivity contribution in [3.8, 4) is 0 Å². The third-order valence-electron chi connectivity index (χ3n) is 6.06. The lowest BCUT2D eigenvalue weighted by molar-refractivity contribution is 0.0730. The fourth-order valence-corrected chi connectivity index (χ4v) is 7.06. The minimum atomic E-state index is -3.75. The van der Waals surface area contributed by atoms with Crippen LogP contribution in [-0.2, 0) is 34.0 Å². The Morgan fingerprint density at radius 1 is 1.03 bits per heavy atom. The number of aryl methyl sites for hydroxylation is 3. The fourth-order valence-electron chi connectivity index (χ4n) is 4.18. The fraction of sp³-hybridized carbons (Fsp3) is 0.478. The third-order valence-corrected chi connectivity index (χ3v) is 9.27. The minimum absolute atomic E-state index is 0.118. The van der Waals surface area contributed by atoms with Crippen LogP contribution in [0.15, 0.2) is 29.2 Å². The van der Waals surface area contributed by atoms with E-state index in [0.717, 1.165) is 25.7 Å². The highest BCUT2D eigenvalue weighted by atomic mass is 32.2. The Bertz CT molecular complexity index is 1110. The summed E-state index contributed by atoms with van der Waals surface area (Å²) in [5.41, 5.74) is 6.93. The van der Waals surface area contributed by atoms with E-state index in [4.69, 9.17) is 4.74 Å². The van der Waals surface area contributed by atoms with Crippen molar-refractivity contribution in [2.75, 3.05) is 26.3 Å². The molecule has 178 valence electrons. The van der Waals surface area contributed by atoms with Gasteiger partial charge in [0.05, 0.1) is 23.0 Å². The molecule has 1 aromatic heterocycles. The quantitative estimate of drug-likeness (QED) is 0.494. The van der Waals surface area contributed by atoms with Gasteiger partial charge >= 0.3 is 0 Å². The first-order chi connectivity index (χ1) is 15.9. The number of benzene rings is 1. The first kappa shape index (κ1) is 23.9. The molecule has 1 aromatic carbocycles. The van der Waals surface area contributed by atoms with Gasteiger partial charge in [0.15, 0.2) is 0 Å². The van der Waals surface area contributed by atoms with Gasteiger partial charge in [-0.2, -0.15) is 4.31 Å². The Labute approximate surface area is 198 Å². The number of hydrazine groups is 1. The van der Waals surface area contributed by atoms with Gasteiger partial charge in [0.1, 0.15) is 0 Å². The molecule has 2 aliphatic rings. The summed E-state index contributed by atoms with van der Waals surface area (Å²) in [5, 5.41) is 0. The highest BCUT2D eigenvalue weighted by Gasteiger charge is 2.29. The molecule has 2 N–H and O–H groups in total. The molecule has 1 aliphatic heterocycles. The molecule has 4 rings (SSSR count). The van der Waals surface area contributed by atoms with E-state index in [2.05, 4.69) is 10.9 Å². The van der Waals surface area contributed by atoms with Crippen LogP contribution < -0.4 is 10.9 Å². The zero-order valence-corrected chi connectivity index (χ0v) is 20.3. The lowest BCUT2D eigenvalue weighted by Crippen LogP contribution is -2.42. The van der Waals surface area contributed by atoms with Crippen molar-refractivity contribution in [3.05, 3.63) is 50.7 Å². The number of ether oxygens (including phenoxy) is 1. The smallest absolute Gasteiger partial charge is 0.279 e. The number of hydrogen-bond acceptors (Lipinski definition) is 6. The van der Waals surface area contributed by atoms with Crippen molar-refractivity contribution >= 4 is 33.2 Å². The average Bonchev–Trinajstić information content (AvgIpc) is 3.12. The Balaban J connectivity index is 1.47. The van der Waals surface area contributed by atoms with Crippen LogP contribution >= 0.6 is 11.3 Å². The predicted molar refractivity (Wildman–Crippen MR) is 126 cm³/mol. The van der Waals surface area contributed by atoms with Crippen molar-refractivity contribution in [3.63, 3.8) is 0 Å². The van der Waals surface area contributed by atoms with Crippen molar-refractivity contribution in [1.29, 1.82) is 0 Å². The second kappa shape index (κ2) is 10.3. The molecule has 1 fully saturated rings. The molecular weight excluding hydrogens is 462 g/mol. The summed E-state index contributed by atoms with van der Waals surface area (Å²) in [5.74, 6) is -0.935. The van der Waals surface area contributed by atoms with Crippen molar-refractivity contribution in [2.24, 2.45) is 0 Å². The third kappa shape index (κ3) is 5.29. The Morgan fingerprint density at radius 3 is 2.52 bits per heavy atom. The molecular formula is C23H29N3O5S2. The van der Waals surface area contributed by atoms with Crippen LogP contribution in [0.2, 0.25) is 0 Å². The monoisotopic (exact) mass is 491 g/mol. The lowest BCUT2D eigenvalue weighted by atomic mass is 10.1. The second-order valence-electron chi connectivity index (χ2n) is 8.22. The molecule has 10 heteroatoms. The minimum Gasteiger partial charge on any atom is -0.379 e. The van der Waals surface area contributed by atoms with Gasteiger partial charge < -0.3 is 4.74 Å². The van der Waals surface area contributed by atoms with Gasteiger partial charge in [-0.15, -0.1) is 11.3 Å². The topological polar surface area (TPSA) is 105 Å². The maximum Gasteiger partial charge on any atom is 0.279 e. The summed E-state index contributed by atoms with van der Waals surface area (Å²) in [6.07, 6.45) is 5.96. The second-order valence-corrected chi connectivity index (χ2v) is 11.3. The van der Waals surface area contributed by atoms with Gasteiger partial charge in [0.25, 0.3) is 11.8 Å². The molecule has 33 heavy (non-hydrogen) atoms. The van der Waals surface area contributed by atoms with E-state index in [9.17, 15) is 18.0 Å². The van der Waals surface area contributed by atoms with E-state index in [1.165, 1.54) is 38.6 Å². The number of amides is 2. The summed E-state index contributed by atoms with van der Waals surface area (Å²) >= 11 is 1.47. The first-order valence-corrected chi connectivity index (χ1v) is 13.6. The largest absolute Gasteiger partial charge is 0.379 e. The van der Waals surface area contributed by atoms with E-state index in [-0.39, 0.29) is 29.5 Å². The number of fused-ring (bicyclic) bond motifs is 1. The van der Waals surface area contributed by atoms with Crippen LogP contribution in [0.5, 0.6) is 0 Å². The Hall–Kier alpha value is -2.27. The summed E-state index contributed by atoms with van der Waals surface area (Å²) in [7, 11) is -3.75. The van der Waals surface area contributed by atoms with Crippen LogP contribution in [0.4, 0.5) is 0 Å². The molecule has 0 radical (unpaired) electrons. The number of thiophene rings is 1. The first-order valence-electron chi connectivity index (χ1n) is 11.3. The van der Waals surface area contributed by atoms with Gasteiger partial charge in [-0.1, -0.05) is 19.4 Å². The van der Waals surface area contributed by atoms with Gasteiger partial charge in [0.2, 0.25) is 10.0 Å².